The van der Waals surface area contributed by atoms with Crippen LogP contribution in [-0.2, 0) is 4.79 Å². The maximum atomic E-state index is 12.0. The fourth-order valence-electron chi connectivity index (χ4n) is 2.08. The summed E-state index contributed by atoms with van der Waals surface area (Å²) in [4.78, 5) is 25.7. The predicted octanol–water partition coefficient (Wildman–Crippen LogP) is 0.237. The number of benzene rings is 1. The van der Waals surface area contributed by atoms with Crippen molar-refractivity contribution < 1.29 is 9.59 Å². The molecule has 0 unspecified atom stereocenters. The van der Waals surface area contributed by atoms with E-state index in [1.165, 1.54) is 0 Å². The lowest BCUT2D eigenvalue weighted by atomic mass is 10.1. The lowest BCUT2D eigenvalue weighted by Gasteiger charge is -2.37. The maximum Gasteiger partial charge on any atom is 0.251 e. The van der Waals surface area contributed by atoms with Crippen molar-refractivity contribution in [3.63, 3.8) is 0 Å². The van der Waals surface area contributed by atoms with Crippen LogP contribution in [0.2, 0.25) is 0 Å². The first-order chi connectivity index (χ1) is 9.22. The minimum atomic E-state index is -0.211. The van der Waals surface area contributed by atoms with E-state index >= 15 is 0 Å². The van der Waals surface area contributed by atoms with E-state index in [2.05, 4.69) is 10.6 Å². The molecule has 1 fully saturated rings. The normalized spacial score (nSPS) is 14.6. The highest BCUT2D eigenvalue weighted by atomic mass is 16.2. The largest absolute Gasteiger partial charge is 0.343 e. The molecule has 5 nitrogen and oxygen atoms in total. The topological polar surface area (TPSA) is 61.4 Å². The van der Waals surface area contributed by atoms with Crippen molar-refractivity contribution in [2.45, 2.75) is 13.0 Å². The van der Waals surface area contributed by atoms with Crippen LogP contribution in [0.15, 0.2) is 30.3 Å². The highest BCUT2D eigenvalue weighted by molar-refractivity contribution is 5.96. The highest BCUT2D eigenvalue weighted by Crippen LogP contribution is 2.05. The van der Waals surface area contributed by atoms with Gasteiger partial charge in [-0.25, -0.2) is 0 Å². The first kappa shape index (κ1) is 13.5. The molecule has 5 heteroatoms. The molecule has 2 N–H and O–H groups in total. The van der Waals surface area contributed by atoms with E-state index in [4.69, 9.17) is 0 Å². The van der Waals surface area contributed by atoms with Crippen LogP contribution in [0, 0.1) is 0 Å². The van der Waals surface area contributed by atoms with Gasteiger partial charge in [-0.15, -0.1) is 0 Å². The summed E-state index contributed by atoms with van der Waals surface area (Å²) < 4.78 is 0. The van der Waals surface area contributed by atoms with Crippen molar-refractivity contribution in [3.8, 4) is 0 Å². The molecular weight excluding hydrogens is 242 g/mol. The number of likely N-dealkylation sites (N-methyl/N-ethyl adjacent to an activating group) is 1. The monoisotopic (exact) mass is 261 g/mol. The van der Waals surface area contributed by atoms with Crippen molar-refractivity contribution in [2.75, 3.05) is 26.2 Å². The highest BCUT2D eigenvalue weighted by Gasteiger charge is 2.27. The molecule has 0 aromatic heterocycles. The van der Waals surface area contributed by atoms with E-state index in [0.717, 1.165) is 13.1 Å². The molecule has 0 spiro atoms. The second-order valence-electron chi connectivity index (χ2n) is 4.54. The molecule has 1 heterocycles. The standard InChI is InChI=1S/C14H19N3O2/c1-2-17(12-8-15-9-12)13(18)10-16-14(19)11-6-4-3-5-7-11/h3-7,12,15H,2,8-10H2,1H3,(H,16,19). The van der Waals surface area contributed by atoms with Gasteiger partial charge in [0, 0.05) is 25.2 Å². The molecule has 0 bridgehead atoms. The van der Waals surface area contributed by atoms with Gasteiger partial charge in [-0.1, -0.05) is 18.2 Å². The molecule has 1 aliphatic heterocycles. The maximum absolute atomic E-state index is 12.0. The molecule has 1 aromatic carbocycles. The molecule has 1 aromatic rings. The van der Waals surface area contributed by atoms with E-state index in [0.29, 0.717) is 12.1 Å². The Labute approximate surface area is 113 Å². The third-order valence-electron chi connectivity index (χ3n) is 3.30. The van der Waals surface area contributed by atoms with Crippen LogP contribution in [0.5, 0.6) is 0 Å². The Hall–Kier alpha value is -1.88. The van der Waals surface area contributed by atoms with Crippen LogP contribution in [0.3, 0.4) is 0 Å². The molecule has 2 rings (SSSR count). The van der Waals surface area contributed by atoms with Crippen LogP contribution in [0.4, 0.5) is 0 Å². The molecular formula is C14H19N3O2. The number of hydrogen-bond acceptors (Lipinski definition) is 3. The zero-order valence-corrected chi connectivity index (χ0v) is 11.1. The summed E-state index contributed by atoms with van der Waals surface area (Å²) in [6, 6.07) is 9.18. The Kier molecular flexibility index (Phi) is 4.52. The molecule has 1 saturated heterocycles. The molecule has 1 aliphatic rings. The van der Waals surface area contributed by atoms with Crippen molar-refractivity contribution in [3.05, 3.63) is 35.9 Å². The van der Waals surface area contributed by atoms with Gasteiger partial charge in [-0.2, -0.15) is 0 Å². The number of rotatable bonds is 5. The summed E-state index contributed by atoms with van der Waals surface area (Å²) in [5.74, 6) is -0.241. The quantitative estimate of drug-likeness (QED) is 0.798. The molecule has 0 atom stereocenters. The van der Waals surface area contributed by atoms with Gasteiger partial charge in [0.25, 0.3) is 5.91 Å². The Morgan fingerprint density at radius 2 is 2.00 bits per heavy atom. The second kappa shape index (κ2) is 6.33. The zero-order valence-electron chi connectivity index (χ0n) is 11.1. The van der Waals surface area contributed by atoms with Crippen molar-refractivity contribution in [1.29, 1.82) is 0 Å². The smallest absolute Gasteiger partial charge is 0.251 e. The molecule has 0 radical (unpaired) electrons. The lowest BCUT2D eigenvalue weighted by molar-refractivity contribution is -0.133. The lowest BCUT2D eigenvalue weighted by Crippen LogP contribution is -2.60. The van der Waals surface area contributed by atoms with Crippen LogP contribution in [0.1, 0.15) is 17.3 Å². The average molecular weight is 261 g/mol. The van der Waals surface area contributed by atoms with Gasteiger partial charge >= 0.3 is 0 Å². The number of nitrogens with one attached hydrogen (secondary N) is 2. The van der Waals surface area contributed by atoms with Gasteiger partial charge < -0.3 is 15.5 Å². The summed E-state index contributed by atoms with van der Waals surface area (Å²) >= 11 is 0. The molecule has 102 valence electrons. The Balaban J connectivity index is 1.84. The van der Waals surface area contributed by atoms with Crippen molar-refractivity contribution in [1.82, 2.24) is 15.5 Å². The number of carbonyl (C=O) groups excluding carboxylic acids is 2. The van der Waals surface area contributed by atoms with E-state index < -0.39 is 0 Å². The minimum Gasteiger partial charge on any atom is -0.343 e. The van der Waals surface area contributed by atoms with Crippen molar-refractivity contribution >= 4 is 11.8 Å². The van der Waals surface area contributed by atoms with Crippen molar-refractivity contribution in [2.24, 2.45) is 0 Å². The number of hydrogen-bond donors (Lipinski definition) is 2. The van der Waals surface area contributed by atoms with E-state index in [-0.39, 0.29) is 24.4 Å². The third kappa shape index (κ3) is 3.32. The third-order valence-corrected chi connectivity index (χ3v) is 3.30. The van der Waals surface area contributed by atoms with Crippen LogP contribution < -0.4 is 10.6 Å². The van der Waals surface area contributed by atoms with E-state index in [1.54, 1.807) is 24.3 Å². The Bertz CT molecular complexity index is 443. The molecule has 0 saturated carbocycles. The minimum absolute atomic E-state index is 0.0294. The average Bonchev–Trinajstić information content (AvgIpc) is 2.40. The fraction of sp³-hybridized carbons (Fsp3) is 0.429. The van der Waals surface area contributed by atoms with Crippen LogP contribution >= 0.6 is 0 Å². The summed E-state index contributed by atoms with van der Waals surface area (Å²) in [6.45, 7) is 4.36. The van der Waals surface area contributed by atoms with Gasteiger partial charge in [-0.05, 0) is 19.1 Å². The first-order valence-electron chi connectivity index (χ1n) is 6.55. The fourth-order valence-corrected chi connectivity index (χ4v) is 2.08. The van der Waals surface area contributed by atoms with Gasteiger partial charge in [0.05, 0.1) is 12.6 Å². The van der Waals surface area contributed by atoms with E-state index in [1.807, 2.05) is 17.9 Å². The summed E-state index contributed by atoms with van der Waals surface area (Å²) in [6.07, 6.45) is 0. The number of amides is 2. The first-order valence-corrected chi connectivity index (χ1v) is 6.55. The van der Waals surface area contributed by atoms with Crippen LogP contribution in [0.25, 0.3) is 0 Å². The zero-order chi connectivity index (χ0) is 13.7. The number of nitrogens with zero attached hydrogens (tertiary/aromatic N) is 1. The molecule has 0 aliphatic carbocycles. The van der Waals surface area contributed by atoms with Gasteiger partial charge in [0.15, 0.2) is 0 Å². The Morgan fingerprint density at radius 3 is 2.53 bits per heavy atom. The SMILES string of the molecule is CCN(C(=O)CNC(=O)c1ccccc1)C1CNC1. The van der Waals surface area contributed by atoms with Crippen LogP contribution in [-0.4, -0.2) is 48.9 Å². The van der Waals surface area contributed by atoms with Gasteiger partial charge in [0.1, 0.15) is 0 Å². The molecule has 19 heavy (non-hydrogen) atoms. The van der Waals surface area contributed by atoms with Gasteiger partial charge in [0.2, 0.25) is 5.91 Å². The summed E-state index contributed by atoms with van der Waals surface area (Å²) in [5.41, 5.74) is 0.573. The summed E-state index contributed by atoms with van der Waals surface area (Å²) in [5, 5.41) is 5.81. The molecule has 2 amide bonds. The second-order valence-corrected chi connectivity index (χ2v) is 4.54. The predicted molar refractivity (Wildman–Crippen MR) is 72.8 cm³/mol. The summed E-state index contributed by atoms with van der Waals surface area (Å²) in [7, 11) is 0. The Morgan fingerprint density at radius 1 is 1.32 bits per heavy atom. The van der Waals surface area contributed by atoms with E-state index in [9.17, 15) is 9.59 Å². The number of carbonyl (C=O) groups is 2. The van der Waals surface area contributed by atoms with Gasteiger partial charge in [-0.3, -0.25) is 9.59 Å².